The van der Waals surface area contributed by atoms with Crippen LogP contribution in [0, 0.1) is 13.8 Å². The number of anilines is 1. The summed E-state index contributed by atoms with van der Waals surface area (Å²) in [6.07, 6.45) is 3.29. The summed E-state index contributed by atoms with van der Waals surface area (Å²) in [6, 6.07) is 7.33. The van der Waals surface area contributed by atoms with Gasteiger partial charge in [-0.05, 0) is 43.2 Å². The zero-order valence-corrected chi connectivity index (χ0v) is 15.2. The zero-order chi connectivity index (χ0) is 17.8. The Labute approximate surface area is 154 Å². The quantitative estimate of drug-likeness (QED) is 0.676. The van der Waals surface area contributed by atoms with Crippen molar-refractivity contribution in [2.24, 2.45) is 0 Å². The van der Waals surface area contributed by atoms with Crippen molar-refractivity contribution < 1.29 is 9.21 Å². The van der Waals surface area contributed by atoms with Gasteiger partial charge in [-0.25, -0.2) is 0 Å². The summed E-state index contributed by atoms with van der Waals surface area (Å²) >= 11 is 7.37. The van der Waals surface area contributed by atoms with Crippen LogP contribution in [0.5, 0.6) is 0 Å². The Kier molecular flexibility index (Phi) is 5.35. The van der Waals surface area contributed by atoms with Gasteiger partial charge in [0.25, 0.3) is 5.22 Å². The Morgan fingerprint density at radius 1 is 1.24 bits per heavy atom. The first kappa shape index (κ1) is 17.4. The van der Waals surface area contributed by atoms with Crippen LogP contribution in [0.4, 0.5) is 5.69 Å². The lowest BCUT2D eigenvalue weighted by atomic mass is 10.1. The van der Waals surface area contributed by atoms with Gasteiger partial charge in [0.1, 0.15) is 0 Å². The van der Waals surface area contributed by atoms with Crippen molar-refractivity contribution in [1.82, 2.24) is 15.2 Å². The Balaban J connectivity index is 1.61. The molecule has 8 heteroatoms. The summed E-state index contributed by atoms with van der Waals surface area (Å²) in [5, 5.41) is 11.6. The largest absolute Gasteiger partial charge is 0.411 e. The maximum Gasteiger partial charge on any atom is 0.277 e. The van der Waals surface area contributed by atoms with Crippen LogP contribution in [0.2, 0.25) is 5.02 Å². The predicted molar refractivity (Wildman–Crippen MR) is 97.8 cm³/mol. The van der Waals surface area contributed by atoms with E-state index >= 15 is 0 Å². The highest BCUT2D eigenvalue weighted by molar-refractivity contribution is 7.99. The number of nitrogens with one attached hydrogen (secondary N) is 1. The first-order valence-corrected chi connectivity index (χ1v) is 8.82. The van der Waals surface area contributed by atoms with Crippen LogP contribution >= 0.6 is 23.4 Å². The molecule has 0 radical (unpaired) electrons. The first-order valence-electron chi connectivity index (χ1n) is 7.46. The van der Waals surface area contributed by atoms with Crippen LogP contribution in [0.15, 0.2) is 46.3 Å². The third-order valence-corrected chi connectivity index (χ3v) is 4.47. The molecule has 25 heavy (non-hydrogen) atoms. The Morgan fingerprint density at radius 2 is 2.00 bits per heavy atom. The summed E-state index contributed by atoms with van der Waals surface area (Å²) in [6.45, 7) is 3.86. The minimum atomic E-state index is -0.192. The molecule has 6 nitrogen and oxygen atoms in total. The predicted octanol–water partition coefficient (Wildman–Crippen LogP) is 4.13. The highest BCUT2D eigenvalue weighted by Gasteiger charge is 2.13. The molecule has 0 saturated carbocycles. The molecule has 0 unspecified atom stereocenters. The fourth-order valence-corrected chi connectivity index (χ4v) is 3.19. The number of hydrogen-bond acceptors (Lipinski definition) is 6. The lowest BCUT2D eigenvalue weighted by Gasteiger charge is -2.11. The minimum Gasteiger partial charge on any atom is -0.411 e. The van der Waals surface area contributed by atoms with E-state index in [-0.39, 0.29) is 11.7 Å². The van der Waals surface area contributed by atoms with Gasteiger partial charge in [0.05, 0.1) is 16.5 Å². The number of halogens is 1. The summed E-state index contributed by atoms with van der Waals surface area (Å²) in [4.78, 5) is 16.1. The highest BCUT2D eigenvalue weighted by Crippen LogP contribution is 2.28. The fraction of sp³-hybridized carbons (Fsp3) is 0.176. The molecule has 0 aliphatic rings. The molecule has 0 bridgehead atoms. The second-order valence-corrected chi connectivity index (χ2v) is 6.72. The SMILES string of the molecule is Cc1cc(C)c(NC(=O)CSc2nnc(-c3ccncc3)o2)c(Cl)c1. The Morgan fingerprint density at radius 3 is 2.72 bits per heavy atom. The normalized spacial score (nSPS) is 10.7. The summed E-state index contributed by atoms with van der Waals surface area (Å²) in [5.74, 6) is 0.340. The highest BCUT2D eigenvalue weighted by atomic mass is 35.5. The van der Waals surface area contributed by atoms with Crippen LogP contribution in [-0.4, -0.2) is 26.8 Å². The third kappa shape index (κ3) is 4.37. The van der Waals surface area contributed by atoms with Crippen LogP contribution in [-0.2, 0) is 4.79 Å². The van der Waals surface area contributed by atoms with Gasteiger partial charge in [-0.2, -0.15) is 0 Å². The van der Waals surface area contributed by atoms with Crippen molar-refractivity contribution in [3.05, 3.63) is 52.8 Å². The van der Waals surface area contributed by atoms with Crippen LogP contribution < -0.4 is 5.32 Å². The molecule has 1 N–H and O–H groups in total. The number of thioether (sulfide) groups is 1. The second kappa shape index (κ2) is 7.67. The van der Waals surface area contributed by atoms with Crippen molar-refractivity contribution in [3.8, 4) is 11.5 Å². The summed E-state index contributed by atoms with van der Waals surface area (Å²) in [5.41, 5.74) is 3.37. The smallest absolute Gasteiger partial charge is 0.277 e. The van der Waals surface area contributed by atoms with Gasteiger partial charge in [0.2, 0.25) is 11.8 Å². The van der Waals surface area contributed by atoms with E-state index in [2.05, 4.69) is 20.5 Å². The second-order valence-electron chi connectivity index (χ2n) is 5.38. The maximum absolute atomic E-state index is 12.2. The lowest BCUT2D eigenvalue weighted by molar-refractivity contribution is -0.113. The molecule has 1 amide bonds. The van der Waals surface area contributed by atoms with E-state index in [9.17, 15) is 4.79 Å². The van der Waals surface area contributed by atoms with Gasteiger partial charge in [-0.15, -0.1) is 10.2 Å². The van der Waals surface area contributed by atoms with Crippen molar-refractivity contribution in [3.63, 3.8) is 0 Å². The average Bonchev–Trinajstić information content (AvgIpc) is 3.06. The van der Waals surface area contributed by atoms with Crippen LogP contribution in [0.1, 0.15) is 11.1 Å². The van der Waals surface area contributed by atoms with Crippen LogP contribution in [0.25, 0.3) is 11.5 Å². The molecule has 0 atom stereocenters. The van der Waals surface area contributed by atoms with E-state index in [1.807, 2.05) is 26.0 Å². The summed E-state index contributed by atoms with van der Waals surface area (Å²) in [7, 11) is 0. The molecule has 2 heterocycles. The number of nitrogens with zero attached hydrogens (tertiary/aromatic N) is 3. The summed E-state index contributed by atoms with van der Waals surface area (Å²) < 4.78 is 5.54. The molecule has 0 spiro atoms. The van der Waals surface area contributed by atoms with Gasteiger partial charge >= 0.3 is 0 Å². The van der Waals surface area contributed by atoms with E-state index in [4.69, 9.17) is 16.0 Å². The number of hydrogen-bond donors (Lipinski definition) is 1. The van der Waals surface area contributed by atoms with E-state index in [0.29, 0.717) is 21.8 Å². The van der Waals surface area contributed by atoms with E-state index in [0.717, 1.165) is 16.7 Å². The van der Waals surface area contributed by atoms with E-state index < -0.39 is 0 Å². The monoisotopic (exact) mass is 374 g/mol. The lowest BCUT2D eigenvalue weighted by Crippen LogP contribution is -2.15. The molecule has 0 aliphatic carbocycles. The number of amides is 1. The molecule has 128 valence electrons. The van der Waals surface area contributed by atoms with E-state index in [1.165, 1.54) is 11.8 Å². The zero-order valence-electron chi connectivity index (χ0n) is 13.6. The molecule has 0 saturated heterocycles. The molecule has 0 aliphatic heterocycles. The van der Waals surface area contributed by atoms with Gasteiger partial charge in [0, 0.05) is 18.0 Å². The Hall–Kier alpha value is -2.38. The number of pyridine rings is 1. The van der Waals surface area contributed by atoms with Gasteiger partial charge in [-0.1, -0.05) is 29.4 Å². The molecular weight excluding hydrogens is 360 g/mol. The Bertz CT molecular complexity index is 876. The molecule has 3 aromatic rings. The molecule has 0 fully saturated rings. The standard InChI is InChI=1S/C17H15ClN4O2S/c1-10-7-11(2)15(13(18)8-10)20-14(23)9-25-17-22-21-16(24-17)12-3-5-19-6-4-12/h3-8H,9H2,1-2H3,(H,20,23). The van der Waals surface area contributed by atoms with Crippen molar-refractivity contribution >= 4 is 35.0 Å². The fourth-order valence-electron chi connectivity index (χ4n) is 2.26. The number of aryl methyl sites for hydroxylation is 2. The molecular formula is C17H15ClN4O2S. The number of carbonyl (C=O) groups excluding carboxylic acids is 1. The number of carbonyl (C=O) groups is 1. The molecule has 3 rings (SSSR count). The van der Waals surface area contributed by atoms with Crippen molar-refractivity contribution in [2.75, 3.05) is 11.1 Å². The maximum atomic E-state index is 12.2. The van der Waals surface area contributed by atoms with E-state index in [1.54, 1.807) is 24.5 Å². The number of aromatic nitrogens is 3. The third-order valence-electron chi connectivity index (χ3n) is 3.36. The number of rotatable bonds is 5. The van der Waals surface area contributed by atoms with Gasteiger partial charge in [0.15, 0.2) is 0 Å². The minimum absolute atomic E-state index is 0.140. The topological polar surface area (TPSA) is 80.9 Å². The van der Waals surface area contributed by atoms with Gasteiger partial charge in [-0.3, -0.25) is 9.78 Å². The van der Waals surface area contributed by atoms with Crippen molar-refractivity contribution in [2.45, 2.75) is 19.1 Å². The average molecular weight is 375 g/mol. The first-order chi connectivity index (χ1) is 12.0. The van der Waals surface area contributed by atoms with Gasteiger partial charge < -0.3 is 9.73 Å². The molecule has 2 aromatic heterocycles. The van der Waals surface area contributed by atoms with Crippen molar-refractivity contribution in [1.29, 1.82) is 0 Å². The number of benzene rings is 1. The van der Waals surface area contributed by atoms with Crippen LogP contribution in [0.3, 0.4) is 0 Å². The molecule has 1 aromatic carbocycles.